The quantitative estimate of drug-likeness (QED) is 0.795. The molecule has 0 bridgehead atoms. The molecule has 0 spiro atoms. The third-order valence-electron chi connectivity index (χ3n) is 2.84. The maximum atomic E-state index is 8.90. The minimum atomic E-state index is 0.217. The Morgan fingerprint density at radius 3 is 3.12 bits per heavy atom. The Labute approximate surface area is 101 Å². The number of pyridine rings is 1. The van der Waals surface area contributed by atoms with Crippen molar-refractivity contribution in [2.75, 3.05) is 13.2 Å². The zero-order chi connectivity index (χ0) is 12.1. The summed E-state index contributed by atoms with van der Waals surface area (Å²) in [5.74, 6) is 0. The lowest BCUT2D eigenvalue weighted by Gasteiger charge is -2.01. The van der Waals surface area contributed by atoms with Crippen molar-refractivity contribution in [3.05, 3.63) is 30.1 Å². The lowest BCUT2D eigenvalue weighted by molar-refractivity contribution is 0.280. The molecule has 0 aliphatic carbocycles. The maximum Gasteiger partial charge on any atom is 0.140 e. The predicted molar refractivity (Wildman–Crippen MR) is 68.8 cm³/mol. The molecule has 0 atom stereocenters. The molecule has 0 aromatic carbocycles. The Balaban J connectivity index is 2.32. The standard InChI is InChI=1S/C13H19N3O/c1-2-14-9-11-10-16(7-4-8-17)13-12(11)5-3-6-15-13/h3,5-6,10,14,17H,2,4,7-9H2,1H3. The normalized spacial score (nSPS) is 11.2. The summed E-state index contributed by atoms with van der Waals surface area (Å²) in [5.41, 5.74) is 2.28. The Morgan fingerprint density at radius 1 is 1.47 bits per heavy atom. The van der Waals surface area contributed by atoms with Crippen molar-refractivity contribution >= 4 is 11.0 Å². The first-order chi connectivity index (χ1) is 8.36. The van der Waals surface area contributed by atoms with E-state index in [-0.39, 0.29) is 6.61 Å². The van der Waals surface area contributed by atoms with Crippen molar-refractivity contribution in [1.29, 1.82) is 0 Å². The number of fused-ring (bicyclic) bond motifs is 1. The van der Waals surface area contributed by atoms with Gasteiger partial charge in [-0.1, -0.05) is 6.92 Å². The summed E-state index contributed by atoms with van der Waals surface area (Å²) in [5, 5.41) is 13.4. The molecule has 92 valence electrons. The molecule has 0 fully saturated rings. The molecular weight excluding hydrogens is 214 g/mol. The Bertz CT molecular complexity index is 436. The highest BCUT2D eigenvalue weighted by Crippen LogP contribution is 2.19. The summed E-state index contributed by atoms with van der Waals surface area (Å²) in [4.78, 5) is 4.42. The SMILES string of the molecule is CCNCc1cn(CCCO)c2ncccc12. The first-order valence-corrected chi connectivity index (χ1v) is 6.11. The Kier molecular flexibility index (Phi) is 4.12. The van der Waals surface area contributed by atoms with Gasteiger partial charge in [-0.15, -0.1) is 0 Å². The van der Waals surface area contributed by atoms with Gasteiger partial charge in [0.25, 0.3) is 0 Å². The average Bonchev–Trinajstić information content (AvgIpc) is 2.72. The molecule has 2 aromatic heterocycles. The number of aliphatic hydroxyl groups excluding tert-OH is 1. The van der Waals surface area contributed by atoms with Crippen LogP contribution in [0.25, 0.3) is 11.0 Å². The average molecular weight is 233 g/mol. The summed E-state index contributed by atoms with van der Waals surface area (Å²) in [6.07, 6.45) is 4.71. The van der Waals surface area contributed by atoms with Crippen molar-refractivity contribution in [3.8, 4) is 0 Å². The van der Waals surface area contributed by atoms with E-state index in [1.807, 2.05) is 12.3 Å². The summed E-state index contributed by atoms with van der Waals surface area (Å²) < 4.78 is 2.12. The van der Waals surface area contributed by atoms with Gasteiger partial charge in [0.15, 0.2) is 0 Å². The van der Waals surface area contributed by atoms with E-state index in [1.165, 1.54) is 10.9 Å². The van der Waals surface area contributed by atoms with Crippen LogP contribution in [0.3, 0.4) is 0 Å². The first-order valence-electron chi connectivity index (χ1n) is 6.11. The van der Waals surface area contributed by atoms with E-state index in [1.54, 1.807) is 0 Å². The summed E-state index contributed by atoms with van der Waals surface area (Å²) >= 11 is 0. The zero-order valence-electron chi connectivity index (χ0n) is 10.2. The molecule has 2 N–H and O–H groups in total. The van der Waals surface area contributed by atoms with Crippen LogP contribution >= 0.6 is 0 Å². The van der Waals surface area contributed by atoms with Crippen LogP contribution in [0.1, 0.15) is 18.9 Å². The van der Waals surface area contributed by atoms with Crippen molar-refractivity contribution in [3.63, 3.8) is 0 Å². The van der Waals surface area contributed by atoms with Gasteiger partial charge in [0.1, 0.15) is 5.65 Å². The summed E-state index contributed by atoms with van der Waals surface area (Å²) in [7, 11) is 0. The van der Waals surface area contributed by atoms with Crippen LogP contribution < -0.4 is 5.32 Å². The molecule has 0 saturated carbocycles. The van der Waals surface area contributed by atoms with E-state index >= 15 is 0 Å². The summed E-state index contributed by atoms with van der Waals surface area (Å²) in [6, 6.07) is 4.07. The number of nitrogens with one attached hydrogen (secondary N) is 1. The number of rotatable bonds is 6. The smallest absolute Gasteiger partial charge is 0.140 e. The van der Waals surface area contributed by atoms with Gasteiger partial charge in [0, 0.05) is 37.5 Å². The van der Waals surface area contributed by atoms with Gasteiger partial charge in [-0.3, -0.25) is 0 Å². The van der Waals surface area contributed by atoms with Gasteiger partial charge < -0.3 is 15.0 Å². The van der Waals surface area contributed by atoms with E-state index in [9.17, 15) is 0 Å². The van der Waals surface area contributed by atoms with Crippen LogP contribution in [0.5, 0.6) is 0 Å². The van der Waals surface area contributed by atoms with Gasteiger partial charge in [-0.05, 0) is 30.7 Å². The number of nitrogens with zero attached hydrogens (tertiary/aromatic N) is 2. The molecule has 2 heterocycles. The number of hydrogen-bond donors (Lipinski definition) is 2. The second-order valence-electron chi connectivity index (χ2n) is 4.08. The van der Waals surface area contributed by atoms with E-state index < -0.39 is 0 Å². The van der Waals surface area contributed by atoms with Crippen LogP contribution in [-0.4, -0.2) is 27.8 Å². The van der Waals surface area contributed by atoms with Crippen molar-refractivity contribution in [2.24, 2.45) is 0 Å². The van der Waals surface area contributed by atoms with Gasteiger partial charge in [0.05, 0.1) is 0 Å². The second-order valence-corrected chi connectivity index (χ2v) is 4.08. The minimum Gasteiger partial charge on any atom is -0.396 e. The molecule has 17 heavy (non-hydrogen) atoms. The van der Waals surface area contributed by atoms with Gasteiger partial charge >= 0.3 is 0 Å². The lowest BCUT2D eigenvalue weighted by Crippen LogP contribution is -2.11. The third-order valence-corrected chi connectivity index (χ3v) is 2.84. The molecule has 0 aliphatic rings. The topological polar surface area (TPSA) is 50.1 Å². The molecule has 0 saturated heterocycles. The third kappa shape index (κ3) is 2.65. The largest absolute Gasteiger partial charge is 0.396 e. The molecule has 0 unspecified atom stereocenters. The highest BCUT2D eigenvalue weighted by atomic mass is 16.3. The molecule has 0 aliphatic heterocycles. The highest BCUT2D eigenvalue weighted by molar-refractivity contribution is 5.80. The van der Waals surface area contributed by atoms with E-state index in [0.29, 0.717) is 0 Å². The number of aromatic nitrogens is 2. The van der Waals surface area contributed by atoms with Crippen molar-refractivity contribution in [2.45, 2.75) is 26.4 Å². The van der Waals surface area contributed by atoms with Gasteiger partial charge in [-0.25, -0.2) is 4.98 Å². The van der Waals surface area contributed by atoms with Crippen molar-refractivity contribution < 1.29 is 5.11 Å². The number of hydrogen-bond acceptors (Lipinski definition) is 3. The maximum absolute atomic E-state index is 8.90. The molecular formula is C13H19N3O. The molecule has 4 nitrogen and oxygen atoms in total. The Morgan fingerprint density at radius 2 is 2.35 bits per heavy atom. The fourth-order valence-corrected chi connectivity index (χ4v) is 2.01. The molecule has 4 heteroatoms. The zero-order valence-corrected chi connectivity index (χ0v) is 10.2. The van der Waals surface area contributed by atoms with Gasteiger partial charge in [0.2, 0.25) is 0 Å². The molecule has 2 rings (SSSR count). The minimum absolute atomic E-state index is 0.217. The highest BCUT2D eigenvalue weighted by Gasteiger charge is 2.08. The first kappa shape index (κ1) is 12.1. The molecule has 0 radical (unpaired) electrons. The fraction of sp³-hybridized carbons (Fsp3) is 0.462. The van der Waals surface area contributed by atoms with Crippen LogP contribution in [0.15, 0.2) is 24.5 Å². The monoisotopic (exact) mass is 233 g/mol. The predicted octanol–water partition coefficient (Wildman–Crippen LogP) is 1.53. The molecule has 0 amide bonds. The van der Waals surface area contributed by atoms with E-state index in [2.05, 4.69) is 34.1 Å². The van der Waals surface area contributed by atoms with Crippen molar-refractivity contribution in [1.82, 2.24) is 14.9 Å². The van der Waals surface area contributed by atoms with E-state index in [0.717, 1.165) is 31.7 Å². The van der Waals surface area contributed by atoms with E-state index in [4.69, 9.17) is 5.11 Å². The second kappa shape index (κ2) is 5.80. The summed E-state index contributed by atoms with van der Waals surface area (Å²) in [6.45, 7) is 4.96. The van der Waals surface area contributed by atoms with Gasteiger partial charge in [-0.2, -0.15) is 0 Å². The van der Waals surface area contributed by atoms with Crippen LogP contribution in [-0.2, 0) is 13.1 Å². The molecule has 2 aromatic rings. The van der Waals surface area contributed by atoms with Crippen LogP contribution in [0.2, 0.25) is 0 Å². The fourth-order valence-electron chi connectivity index (χ4n) is 2.01. The van der Waals surface area contributed by atoms with Crippen LogP contribution in [0.4, 0.5) is 0 Å². The number of aryl methyl sites for hydroxylation is 1. The lowest BCUT2D eigenvalue weighted by atomic mass is 10.2. The number of aliphatic hydroxyl groups is 1. The Hall–Kier alpha value is -1.39. The van der Waals surface area contributed by atoms with Crippen LogP contribution in [0, 0.1) is 0 Å².